The minimum absolute atomic E-state index is 0.0377. The maximum atomic E-state index is 12.4. The van der Waals surface area contributed by atoms with Crippen LogP contribution in [0, 0.1) is 10.1 Å². The van der Waals surface area contributed by atoms with Crippen molar-refractivity contribution in [2.45, 2.75) is 9.79 Å². The molecule has 0 aliphatic heterocycles. The van der Waals surface area contributed by atoms with E-state index in [4.69, 9.17) is 23.2 Å². The van der Waals surface area contributed by atoms with Crippen molar-refractivity contribution in [2.24, 2.45) is 0 Å². The number of halogens is 2. The van der Waals surface area contributed by atoms with Crippen molar-refractivity contribution in [2.75, 3.05) is 0 Å². The largest absolute Gasteiger partial charge is 0.270 e. The quantitative estimate of drug-likeness (QED) is 0.634. The summed E-state index contributed by atoms with van der Waals surface area (Å²) in [5.74, 6) is 0. The average molecular weight is 332 g/mol. The number of sulfone groups is 1. The molecule has 0 spiro atoms. The molecular weight excluding hydrogens is 325 g/mol. The number of nitrogens with zero attached hydrogens (tertiary/aromatic N) is 1. The zero-order valence-electron chi connectivity index (χ0n) is 9.79. The van der Waals surface area contributed by atoms with Crippen LogP contribution in [0.5, 0.6) is 0 Å². The lowest BCUT2D eigenvalue weighted by Crippen LogP contribution is -2.03. The van der Waals surface area contributed by atoms with Crippen LogP contribution in [-0.4, -0.2) is 13.3 Å². The first kappa shape index (κ1) is 14.8. The first-order valence-corrected chi connectivity index (χ1v) is 7.51. The van der Waals surface area contributed by atoms with E-state index in [1.165, 1.54) is 30.3 Å². The Bertz CT molecular complexity index is 773. The van der Waals surface area contributed by atoms with Gasteiger partial charge < -0.3 is 0 Å². The fourth-order valence-corrected chi connectivity index (χ4v) is 3.45. The average Bonchev–Trinajstić information content (AvgIpc) is 2.39. The van der Waals surface area contributed by atoms with Crippen LogP contribution < -0.4 is 0 Å². The molecule has 0 aliphatic rings. The van der Waals surface area contributed by atoms with Gasteiger partial charge in [0.25, 0.3) is 5.69 Å². The summed E-state index contributed by atoms with van der Waals surface area (Å²) in [6.45, 7) is 0. The molecule has 0 amide bonds. The second-order valence-electron chi connectivity index (χ2n) is 3.83. The standard InChI is InChI=1S/C12H7Cl2NO4S/c13-8-1-4-10(5-2-8)20(18,19)12-7-9(15(16)17)3-6-11(12)14/h1-7H. The zero-order valence-corrected chi connectivity index (χ0v) is 12.1. The van der Waals surface area contributed by atoms with Crippen molar-refractivity contribution in [1.29, 1.82) is 0 Å². The summed E-state index contributed by atoms with van der Waals surface area (Å²) in [7, 11) is -3.94. The predicted molar refractivity (Wildman–Crippen MR) is 75.0 cm³/mol. The Morgan fingerprint density at radius 2 is 1.60 bits per heavy atom. The molecular formula is C12H7Cl2NO4S. The minimum Gasteiger partial charge on any atom is -0.258 e. The summed E-state index contributed by atoms with van der Waals surface area (Å²) in [5.41, 5.74) is -0.345. The molecule has 2 aromatic carbocycles. The summed E-state index contributed by atoms with van der Waals surface area (Å²) in [5, 5.41) is 11.0. The lowest BCUT2D eigenvalue weighted by molar-refractivity contribution is -0.385. The first-order chi connectivity index (χ1) is 9.32. The van der Waals surface area contributed by atoms with Gasteiger partial charge in [-0.1, -0.05) is 23.2 Å². The van der Waals surface area contributed by atoms with Crippen molar-refractivity contribution >= 4 is 38.7 Å². The highest BCUT2D eigenvalue weighted by Crippen LogP contribution is 2.31. The van der Waals surface area contributed by atoms with Crippen molar-refractivity contribution in [3.05, 3.63) is 62.6 Å². The van der Waals surface area contributed by atoms with Crippen LogP contribution in [0.3, 0.4) is 0 Å². The van der Waals surface area contributed by atoms with Crippen molar-refractivity contribution in [1.82, 2.24) is 0 Å². The van der Waals surface area contributed by atoms with E-state index in [0.29, 0.717) is 5.02 Å². The molecule has 0 aliphatic carbocycles. The molecule has 0 N–H and O–H groups in total. The predicted octanol–water partition coefficient (Wildman–Crippen LogP) is 3.73. The van der Waals surface area contributed by atoms with E-state index in [-0.39, 0.29) is 20.5 Å². The topological polar surface area (TPSA) is 77.3 Å². The Kier molecular flexibility index (Phi) is 3.99. The van der Waals surface area contributed by atoms with Crippen LogP contribution in [0.1, 0.15) is 0 Å². The highest BCUT2D eigenvalue weighted by Gasteiger charge is 2.23. The fourth-order valence-electron chi connectivity index (χ4n) is 1.55. The van der Waals surface area contributed by atoms with Crippen LogP contribution in [0.4, 0.5) is 5.69 Å². The maximum absolute atomic E-state index is 12.4. The van der Waals surface area contributed by atoms with Gasteiger partial charge in [0.2, 0.25) is 9.84 Å². The lowest BCUT2D eigenvalue weighted by Gasteiger charge is -2.06. The number of rotatable bonds is 3. The zero-order chi connectivity index (χ0) is 14.9. The molecule has 0 unspecified atom stereocenters. The first-order valence-electron chi connectivity index (χ1n) is 5.27. The second-order valence-corrected chi connectivity index (χ2v) is 6.59. The smallest absolute Gasteiger partial charge is 0.258 e. The molecule has 0 saturated carbocycles. The molecule has 0 saturated heterocycles. The lowest BCUT2D eigenvalue weighted by atomic mass is 10.3. The van der Waals surface area contributed by atoms with Crippen LogP contribution >= 0.6 is 23.2 Å². The Morgan fingerprint density at radius 1 is 1.00 bits per heavy atom. The summed E-state index contributed by atoms with van der Waals surface area (Å²) in [6.07, 6.45) is 0. The van der Waals surface area contributed by atoms with Gasteiger partial charge in [-0.25, -0.2) is 8.42 Å². The third kappa shape index (κ3) is 2.77. The molecule has 2 rings (SSSR count). The van der Waals surface area contributed by atoms with Gasteiger partial charge in [0.1, 0.15) is 0 Å². The summed E-state index contributed by atoms with van der Waals surface area (Å²) < 4.78 is 24.8. The van der Waals surface area contributed by atoms with E-state index in [0.717, 1.165) is 12.1 Å². The summed E-state index contributed by atoms with van der Waals surface area (Å²) in [4.78, 5) is 9.69. The van der Waals surface area contributed by atoms with Crippen molar-refractivity contribution < 1.29 is 13.3 Å². The Morgan fingerprint density at radius 3 is 2.15 bits per heavy atom. The number of hydrogen-bond acceptors (Lipinski definition) is 4. The van der Waals surface area contributed by atoms with Gasteiger partial charge >= 0.3 is 0 Å². The molecule has 0 aromatic heterocycles. The number of benzene rings is 2. The normalized spacial score (nSPS) is 11.3. The maximum Gasteiger partial charge on any atom is 0.270 e. The van der Waals surface area contributed by atoms with E-state index in [9.17, 15) is 18.5 Å². The van der Waals surface area contributed by atoms with E-state index >= 15 is 0 Å². The number of non-ortho nitro benzene ring substituents is 1. The van der Waals surface area contributed by atoms with Crippen LogP contribution in [0.25, 0.3) is 0 Å². The molecule has 104 valence electrons. The monoisotopic (exact) mass is 331 g/mol. The van der Waals surface area contributed by atoms with Crippen molar-refractivity contribution in [3.8, 4) is 0 Å². The number of hydrogen-bond donors (Lipinski definition) is 0. The van der Waals surface area contributed by atoms with Gasteiger partial charge in [-0.3, -0.25) is 10.1 Å². The van der Waals surface area contributed by atoms with E-state index < -0.39 is 14.8 Å². The molecule has 0 bridgehead atoms. The molecule has 0 heterocycles. The summed E-state index contributed by atoms with van der Waals surface area (Å²) >= 11 is 11.5. The third-order valence-electron chi connectivity index (χ3n) is 2.54. The Hall–Kier alpha value is -1.63. The number of nitro benzene ring substituents is 1. The third-order valence-corrected chi connectivity index (χ3v) is 5.04. The van der Waals surface area contributed by atoms with Gasteiger partial charge in [0, 0.05) is 17.2 Å². The Balaban J connectivity index is 2.62. The number of nitro groups is 1. The molecule has 0 fully saturated rings. The second kappa shape index (κ2) is 5.40. The molecule has 8 heteroatoms. The van der Waals surface area contributed by atoms with Gasteiger partial charge in [0.05, 0.1) is 19.7 Å². The summed E-state index contributed by atoms with van der Waals surface area (Å²) in [6, 6.07) is 8.72. The molecule has 2 aromatic rings. The fraction of sp³-hybridized carbons (Fsp3) is 0. The Labute approximate surface area is 124 Å². The van der Waals surface area contributed by atoms with Gasteiger partial charge in [0.15, 0.2) is 0 Å². The molecule has 5 nitrogen and oxygen atoms in total. The SMILES string of the molecule is O=[N+]([O-])c1ccc(Cl)c(S(=O)(=O)c2ccc(Cl)cc2)c1. The van der Waals surface area contributed by atoms with Gasteiger partial charge in [-0.15, -0.1) is 0 Å². The molecule has 0 radical (unpaired) electrons. The van der Waals surface area contributed by atoms with Crippen LogP contribution in [0.15, 0.2) is 52.3 Å². The molecule has 20 heavy (non-hydrogen) atoms. The van der Waals surface area contributed by atoms with Crippen LogP contribution in [-0.2, 0) is 9.84 Å². The van der Waals surface area contributed by atoms with Gasteiger partial charge in [-0.2, -0.15) is 0 Å². The minimum atomic E-state index is -3.94. The van der Waals surface area contributed by atoms with Gasteiger partial charge in [-0.05, 0) is 30.3 Å². The highest BCUT2D eigenvalue weighted by molar-refractivity contribution is 7.91. The van der Waals surface area contributed by atoms with E-state index in [1.807, 2.05) is 0 Å². The van der Waals surface area contributed by atoms with Crippen LogP contribution in [0.2, 0.25) is 10.0 Å². The highest BCUT2D eigenvalue weighted by atomic mass is 35.5. The molecule has 0 atom stereocenters. The van der Waals surface area contributed by atoms with E-state index in [2.05, 4.69) is 0 Å². The van der Waals surface area contributed by atoms with E-state index in [1.54, 1.807) is 0 Å². The van der Waals surface area contributed by atoms with Crippen molar-refractivity contribution in [3.63, 3.8) is 0 Å².